The summed E-state index contributed by atoms with van der Waals surface area (Å²) in [5, 5.41) is 12.1. The molecule has 58 heavy (non-hydrogen) atoms. The Kier molecular flexibility index (Phi) is 15.0. The van der Waals surface area contributed by atoms with E-state index >= 15 is 0 Å². The maximum absolute atomic E-state index is 14.9. The van der Waals surface area contributed by atoms with Crippen molar-refractivity contribution in [1.29, 1.82) is 0 Å². The molecule has 1 unspecified atom stereocenters. The molecular formula is C41H60N8O8S. The molecular weight excluding hydrogens is 765 g/mol. The van der Waals surface area contributed by atoms with E-state index in [0.717, 1.165) is 32.1 Å². The third-order valence-corrected chi connectivity index (χ3v) is 12.6. The summed E-state index contributed by atoms with van der Waals surface area (Å²) in [6.45, 7) is 9.14. The molecule has 318 valence electrons. The Balaban J connectivity index is 1.41. The number of hydrogen-bond acceptors (Lipinski definition) is 11. The first-order chi connectivity index (χ1) is 27.5. The summed E-state index contributed by atoms with van der Waals surface area (Å²) in [5.41, 5.74) is -0.787. The number of nitrogens with one attached hydrogen (secondary N) is 5. The van der Waals surface area contributed by atoms with Gasteiger partial charge in [-0.1, -0.05) is 53.4 Å². The average molecular weight is 825 g/mol. The van der Waals surface area contributed by atoms with Crippen LogP contribution in [-0.2, 0) is 29.2 Å². The number of nitrogens with zero attached hydrogens (tertiary/aromatic N) is 3. The quantitative estimate of drug-likeness (QED) is 0.147. The predicted octanol–water partition coefficient (Wildman–Crippen LogP) is 2.64. The van der Waals surface area contributed by atoms with Crippen LogP contribution in [0.2, 0.25) is 0 Å². The summed E-state index contributed by atoms with van der Waals surface area (Å²) in [7, 11) is -2.37. The minimum absolute atomic E-state index is 0.0303. The average Bonchev–Trinajstić information content (AvgIpc) is 3.93. The molecule has 5 N–H and O–H groups in total. The van der Waals surface area contributed by atoms with Gasteiger partial charge in [-0.15, -0.1) is 0 Å². The number of aromatic nitrogens is 2. The standard InChI is InChI=1S/C41H60N8O8S/c1-7-11-31(35(50)25(2)45-27-14-15-27)46-38(52)33-22-29(57-28-16-18-30(19-17-28)58(55,56)42-6)24-49(33)40(54)36(41(3,4)5)48-39(53)34(26-12-9-8-10-13-26)47-37(51)32-23-43-20-21-44-32/h16-21,23,25-27,29,31,33-34,36,42,45H,7-15,22,24H2,1-6H3,(H,46,52)(H,47,51)(H,48,53)/t25?,29-,31+,33+,34+,36-/m1/s1. The van der Waals surface area contributed by atoms with Crippen molar-refractivity contribution in [3.05, 3.63) is 48.5 Å². The van der Waals surface area contributed by atoms with Crippen molar-refractivity contribution in [3.63, 3.8) is 0 Å². The third kappa shape index (κ3) is 11.6. The molecule has 6 atom stereocenters. The summed E-state index contributed by atoms with van der Waals surface area (Å²) in [4.78, 5) is 79.9. The van der Waals surface area contributed by atoms with Crippen molar-refractivity contribution < 1.29 is 37.1 Å². The zero-order valence-corrected chi connectivity index (χ0v) is 35.3. The van der Waals surface area contributed by atoms with Crippen molar-refractivity contribution in [2.24, 2.45) is 11.3 Å². The van der Waals surface area contributed by atoms with Crippen molar-refractivity contribution in [1.82, 2.24) is 40.9 Å². The Labute approximate surface area is 341 Å². The molecule has 2 saturated carbocycles. The second-order valence-corrected chi connectivity index (χ2v) is 18.7. The zero-order chi connectivity index (χ0) is 42.2. The molecule has 1 saturated heterocycles. The van der Waals surface area contributed by atoms with E-state index in [-0.39, 0.29) is 41.3 Å². The molecule has 2 aliphatic carbocycles. The van der Waals surface area contributed by atoms with Crippen LogP contribution in [0.1, 0.15) is 109 Å². The molecule has 2 heterocycles. The molecule has 3 aliphatic rings. The number of rotatable bonds is 18. The van der Waals surface area contributed by atoms with Crippen molar-refractivity contribution in [3.8, 4) is 5.75 Å². The molecule has 1 aliphatic heterocycles. The van der Waals surface area contributed by atoms with Gasteiger partial charge < -0.3 is 30.9 Å². The number of likely N-dealkylation sites (tertiary alicyclic amines) is 1. The van der Waals surface area contributed by atoms with Gasteiger partial charge >= 0.3 is 0 Å². The first kappa shape index (κ1) is 44.6. The van der Waals surface area contributed by atoms with E-state index in [2.05, 4.69) is 36.0 Å². The number of carbonyl (C=O) groups is 5. The zero-order valence-electron chi connectivity index (χ0n) is 34.5. The Morgan fingerprint density at radius 1 is 0.948 bits per heavy atom. The van der Waals surface area contributed by atoms with E-state index in [1.807, 2.05) is 27.7 Å². The van der Waals surface area contributed by atoms with E-state index in [9.17, 15) is 32.4 Å². The molecule has 0 bridgehead atoms. The highest BCUT2D eigenvalue weighted by Gasteiger charge is 2.47. The maximum Gasteiger partial charge on any atom is 0.272 e. The SMILES string of the molecule is CCC[C@H](NC(=O)[C@@H]1C[C@@H](Oc2ccc(S(=O)(=O)NC)cc2)CN1C(=O)[C@@H](NC(=O)[C@@H](NC(=O)c1cnccn1)C1CCCCC1)C(C)(C)C)C(=O)C(C)NC1CC1. The number of Topliss-reactive ketones (excluding diaryl/α,β-unsaturated/α-hetero) is 1. The molecule has 1 aromatic heterocycles. The molecule has 0 radical (unpaired) electrons. The Morgan fingerprint density at radius 2 is 1.64 bits per heavy atom. The summed E-state index contributed by atoms with van der Waals surface area (Å²) in [6.07, 6.45) is 10.8. The first-order valence-electron chi connectivity index (χ1n) is 20.5. The van der Waals surface area contributed by atoms with Crippen LogP contribution in [-0.4, -0.2) is 109 Å². The van der Waals surface area contributed by atoms with Gasteiger partial charge in [-0.05, 0) is 81.7 Å². The second-order valence-electron chi connectivity index (χ2n) is 16.8. The van der Waals surface area contributed by atoms with Crippen molar-refractivity contribution >= 4 is 39.4 Å². The largest absolute Gasteiger partial charge is 0.488 e. The van der Waals surface area contributed by atoms with Gasteiger partial charge in [0, 0.05) is 24.9 Å². The fourth-order valence-corrected chi connectivity index (χ4v) is 8.49. The molecule has 17 heteroatoms. The van der Waals surface area contributed by atoms with Crippen molar-refractivity contribution in [2.45, 2.75) is 146 Å². The Bertz CT molecular complexity index is 1860. The van der Waals surface area contributed by atoms with E-state index in [1.165, 1.54) is 54.8 Å². The number of benzene rings is 1. The van der Waals surface area contributed by atoms with E-state index < -0.39 is 75.4 Å². The molecule has 3 fully saturated rings. The molecule has 5 rings (SSSR count). The number of ether oxygens (including phenoxy) is 1. The highest BCUT2D eigenvalue weighted by atomic mass is 32.2. The van der Waals surface area contributed by atoms with E-state index in [4.69, 9.17) is 4.74 Å². The van der Waals surface area contributed by atoms with Crippen LogP contribution >= 0.6 is 0 Å². The molecule has 4 amide bonds. The van der Waals surface area contributed by atoms with Gasteiger partial charge in [0.25, 0.3) is 5.91 Å². The van der Waals surface area contributed by atoms with Crippen LogP contribution in [0.15, 0.2) is 47.8 Å². The highest BCUT2D eigenvalue weighted by Crippen LogP contribution is 2.31. The predicted molar refractivity (Wildman–Crippen MR) is 216 cm³/mol. The van der Waals surface area contributed by atoms with Crippen LogP contribution in [0.4, 0.5) is 0 Å². The topological polar surface area (TPSA) is 218 Å². The number of sulfonamides is 1. The Morgan fingerprint density at radius 3 is 2.22 bits per heavy atom. The number of carbonyl (C=O) groups excluding carboxylic acids is 5. The lowest BCUT2D eigenvalue weighted by molar-refractivity contribution is -0.145. The Hall–Kier alpha value is -4.48. The lowest BCUT2D eigenvalue weighted by Crippen LogP contribution is -2.62. The van der Waals surface area contributed by atoms with Gasteiger partial charge in [0.05, 0.1) is 29.7 Å². The maximum atomic E-state index is 14.9. The first-order valence-corrected chi connectivity index (χ1v) is 22.0. The van der Waals surface area contributed by atoms with Crippen LogP contribution < -0.4 is 30.7 Å². The minimum Gasteiger partial charge on any atom is -0.488 e. The molecule has 1 aromatic carbocycles. The number of amides is 4. The summed E-state index contributed by atoms with van der Waals surface area (Å²) < 4.78 is 33.2. The normalized spacial score (nSPS) is 21.0. The summed E-state index contributed by atoms with van der Waals surface area (Å²) in [5.74, 6) is -2.09. The van der Waals surface area contributed by atoms with Crippen LogP contribution in [0.3, 0.4) is 0 Å². The van der Waals surface area contributed by atoms with Crippen molar-refractivity contribution in [2.75, 3.05) is 13.6 Å². The minimum atomic E-state index is -3.69. The van der Waals surface area contributed by atoms with Crippen LogP contribution in [0.5, 0.6) is 5.75 Å². The smallest absolute Gasteiger partial charge is 0.272 e. The number of hydrogen-bond donors (Lipinski definition) is 5. The van der Waals surface area contributed by atoms with Gasteiger partial charge in [0.15, 0.2) is 5.78 Å². The van der Waals surface area contributed by atoms with E-state index in [1.54, 1.807) is 6.92 Å². The fraction of sp³-hybridized carbons (Fsp3) is 0.634. The van der Waals surface area contributed by atoms with Gasteiger partial charge in [-0.2, -0.15) is 0 Å². The monoisotopic (exact) mass is 824 g/mol. The van der Waals surface area contributed by atoms with Crippen LogP contribution in [0, 0.1) is 11.3 Å². The fourth-order valence-electron chi connectivity index (χ4n) is 7.76. The second kappa shape index (κ2) is 19.5. The number of ketones is 1. The van der Waals surface area contributed by atoms with Crippen LogP contribution in [0.25, 0.3) is 0 Å². The lowest BCUT2D eigenvalue weighted by atomic mass is 9.82. The third-order valence-electron chi connectivity index (χ3n) is 11.2. The van der Waals surface area contributed by atoms with Gasteiger partial charge in [0.2, 0.25) is 27.7 Å². The summed E-state index contributed by atoms with van der Waals surface area (Å²) >= 11 is 0. The lowest BCUT2D eigenvalue weighted by Gasteiger charge is -2.37. The molecule has 0 spiro atoms. The molecule has 2 aromatic rings. The summed E-state index contributed by atoms with van der Waals surface area (Å²) in [6, 6.07) is 1.70. The van der Waals surface area contributed by atoms with Gasteiger partial charge in [0.1, 0.15) is 35.7 Å². The van der Waals surface area contributed by atoms with E-state index in [0.29, 0.717) is 31.4 Å². The van der Waals surface area contributed by atoms with Gasteiger partial charge in [-0.25, -0.2) is 18.1 Å². The highest BCUT2D eigenvalue weighted by molar-refractivity contribution is 7.89. The molecule has 16 nitrogen and oxygen atoms in total. The van der Waals surface area contributed by atoms with Gasteiger partial charge in [-0.3, -0.25) is 29.0 Å².